The van der Waals surface area contributed by atoms with Gasteiger partial charge in [-0.1, -0.05) is 37.3 Å². The number of aliphatic carboxylic acids is 1. The molecule has 0 radical (unpaired) electrons. The van der Waals surface area contributed by atoms with Crippen LogP contribution < -0.4 is 5.56 Å². The lowest BCUT2D eigenvalue weighted by molar-refractivity contribution is -0.140. The third-order valence-corrected chi connectivity index (χ3v) is 4.78. The van der Waals surface area contributed by atoms with E-state index in [4.69, 9.17) is 0 Å². The standard InChI is InChI=1S/C20H18N4O3/c1-3-15-17(13-7-5-4-6-8-13)18-21-11-14-16(24(18)22-15)9-10-23(19(14)25)12(2)20(26)27/h4-12H,3H2,1-2H3,(H,26,27). The van der Waals surface area contributed by atoms with E-state index in [1.54, 1.807) is 10.6 Å². The van der Waals surface area contributed by atoms with E-state index >= 15 is 0 Å². The Labute approximate surface area is 154 Å². The van der Waals surface area contributed by atoms with Crippen molar-refractivity contribution in [3.05, 3.63) is 64.8 Å². The van der Waals surface area contributed by atoms with Crippen LogP contribution in [-0.4, -0.2) is 30.2 Å². The number of fused-ring (bicyclic) bond motifs is 3. The number of aryl methyl sites for hydroxylation is 1. The number of hydrogen-bond donors (Lipinski definition) is 1. The fourth-order valence-corrected chi connectivity index (χ4v) is 3.30. The van der Waals surface area contributed by atoms with Crippen LogP contribution in [0.2, 0.25) is 0 Å². The molecule has 3 heterocycles. The quantitative estimate of drug-likeness (QED) is 0.603. The van der Waals surface area contributed by atoms with Gasteiger partial charge in [0.25, 0.3) is 5.56 Å². The van der Waals surface area contributed by atoms with Crippen molar-refractivity contribution in [3.8, 4) is 11.1 Å². The lowest BCUT2D eigenvalue weighted by Crippen LogP contribution is -2.28. The summed E-state index contributed by atoms with van der Waals surface area (Å²) >= 11 is 0. The first-order chi connectivity index (χ1) is 13.0. The summed E-state index contributed by atoms with van der Waals surface area (Å²) in [5.41, 5.74) is 3.74. The average Bonchev–Trinajstić information content (AvgIpc) is 3.07. The summed E-state index contributed by atoms with van der Waals surface area (Å²) in [7, 11) is 0. The third kappa shape index (κ3) is 2.59. The van der Waals surface area contributed by atoms with E-state index in [1.807, 2.05) is 37.3 Å². The van der Waals surface area contributed by atoms with Crippen LogP contribution in [0.4, 0.5) is 0 Å². The second kappa shape index (κ2) is 6.35. The highest BCUT2D eigenvalue weighted by Gasteiger charge is 2.20. The maximum Gasteiger partial charge on any atom is 0.326 e. The van der Waals surface area contributed by atoms with E-state index in [9.17, 15) is 14.7 Å². The molecule has 27 heavy (non-hydrogen) atoms. The van der Waals surface area contributed by atoms with Crippen molar-refractivity contribution in [2.45, 2.75) is 26.3 Å². The predicted molar refractivity (Wildman–Crippen MR) is 102 cm³/mol. The minimum Gasteiger partial charge on any atom is -0.480 e. The number of hydrogen-bond acceptors (Lipinski definition) is 4. The Morgan fingerprint density at radius 3 is 2.63 bits per heavy atom. The zero-order valence-electron chi connectivity index (χ0n) is 15.0. The van der Waals surface area contributed by atoms with E-state index in [1.165, 1.54) is 23.9 Å². The van der Waals surface area contributed by atoms with Gasteiger partial charge in [0.15, 0.2) is 5.65 Å². The fourth-order valence-electron chi connectivity index (χ4n) is 3.30. The van der Waals surface area contributed by atoms with Gasteiger partial charge in [-0.3, -0.25) is 4.79 Å². The maximum atomic E-state index is 12.8. The number of carbonyl (C=O) groups is 1. The molecule has 0 aliphatic rings. The molecule has 4 aromatic rings. The molecule has 0 aliphatic carbocycles. The van der Waals surface area contributed by atoms with Crippen molar-refractivity contribution in [3.63, 3.8) is 0 Å². The highest BCUT2D eigenvalue weighted by molar-refractivity contribution is 5.86. The van der Waals surface area contributed by atoms with Gasteiger partial charge in [0, 0.05) is 18.0 Å². The minimum absolute atomic E-state index is 0.336. The molecule has 0 saturated heterocycles. The Hall–Kier alpha value is -3.48. The van der Waals surface area contributed by atoms with Crippen LogP contribution in [0, 0.1) is 0 Å². The number of carboxylic acid groups (broad SMARTS) is 1. The molecule has 7 heteroatoms. The van der Waals surface area contributed by atoms with Crippen molar-refractivity contribution in [1.82, 2.24) is 19.2 Å². The van der Waals surface area contributed by atoms with Gasteiger partial charge in [-0.15, -0.1) is 0 Å². The van der Waals surface area contributed by atoms with Gasteiger partial charge in [0.2, 0.25) is 0 Å². The highest BCUT2D eigenvalue weighted by atomic mass is 16.4. The van der Waals surface area contributed by atoms with Crippen molar-refractivity contribution in [2.24, 2.45) is 0 Å². The second-order valence-electron chi connectivity index (χ2n) is 6.38. The van der Waals surface area contributed by atoms with Gasteiger partial charge in [-0.2, -0.15) is 5.10 Å². The van der Waals surface area contributed by atoms with Gasteiger partial charge >= 0.3 is 5.97 Å². The molecule has 1 aromatic carbocycles. The molecule has 136 valence electrons. The topological polar surface area (TPSA) is 89.5 Å². The molecule has 1 unspecified atom stereocenters. The number of nitrogens with zero attached hydrogens (tertiary/aromatic N) is 4. The molecule has 3 aromatic heterocycles. The zero-order valence-corrected chi connectivity index (χ0v) is 15.0. The minimum atomic E-state index is -1.07. The van der Waals surface area contributed by atoms with E-state index in [0.29, 0.717) is 16.6 Å². The van der Waals surface area contributed by atoms with Crippen molar-refractivity contribution >= 4 is 22.5 Å². The Bertz CT molecular complexity index is 1220. The van der Waals surface area contributed by atoms with Crippen molar-refractivity contribution < 1.29 is 9.90 Å². The van der Waals surface area contributed by atoms with Gasteiger partial charge in [-0.25, -0.2) is 14.3 Å². The number of aromatic nitrogens is 4. The molecule has 4 rings (SSSR count). The summed E-state index contributed by atoms with van der Waals surface area (Å²) in [6.07, 6.45) is 3.73. The lowest BCUT2D eigenvalue weighted by Gasteiger charge is -2.11. The van der Waals surface area contributed by atoms with E-state index in [0.717, 1.165) is 23.2 Å². The van der Waals surface area contributed by atoms with Gasteiger partial charge in [-0.05, 0) is 25.0 Å². The summed E-state index contributed by atoms with van der Waals surface area (Å²) in [6.45, 7) is 3.50. The Morgan fingerprint density at radius 1 is 1.22 bits per heavy atom. The highest BCUT2D eigenvalue weighted by Crippen LogP contribution is 2.29. The normalized spacial score (nSPS) is 12.5. The zero-order chi connectivity index (χ0) is 19.1. The second-order valence-corrected chi connectivity index (χ2v) is 6.38. The monoisotopic (exact) mass is 362 g/mol. The van der Waals surface area contributed by atoms with Crippen LogP contribution in [0.3, 0.4) is 0 Å². The first kappa shape index (κ1) is 17.0. The maximum absolute atomic E-state index is 12.8. The first-order valence-corrected chi connectivity index (χ1v) is 8.72. The molecule has 0 bridgehead atoms. The van der Waals surface area contributed by atoms with Crippen molar-refractivity contribution in [2.75, 3.05) is 0 Å². The number of benzene rings is 1. The van der Waals surface area contributed by atoms with Crippen LogP contribution in [-0.2, 0) is 11.2 Å². The largest absolute Gasteiger partial charge is 0.480 e. The smallest absolute Gasteiger partial charge is 0.326 e. The van der Waals surface area contributed by atoms with Gasteiger partial charge in [0.05, 0.1) is 16.6 Å². The van der Waals surface area contributed by atoms with Crippen LogP contribution in [0.1, 0.15) is 25.6 Å². The molecule has 0 aliphatic heterocycles. The lowest BCUT2D eigenvalue weighted by atomic mass is 10.0. The Kier molecular flexibility index (Phi) is 3.99. The van der Waals surface area contributed by atoms with E-state index in [2.05, 4.69) is 10.1 Å². The molecular weight excluding hydrogens is 344 g/mol. The summed E-state index contributed by atoms with van der Waals surface area (Å²) in [5.74, 6) is -1.07. The van der Waals surface area contributed by atoms with Gasteiger partial charge < -0.3 is 9.67 Å². The molecule has 0 amide bonds. The Morgan fingerprint density at radius 2 is 1.96 bits per heavy atom. The summed E-state index contributed by atoms with van der Waals surface area (Å²) in [4.78, 5) is 28.5. The van der Waals surface area contributed by atoms with Crippen LogP contribution >= 0.6 is 0 Å². The molecule has 0 fully saturated rings. The summed E-state index contributed by atoms with van der Waals surface area (Å²) in [5, 5.41) is 14.2. The van der Waals surface area contributed by atoms with Crippen LogP contribution in [0.15, 0.2) is 53.6 Å². The number of rotatable bonds is 4. The Balaban J connectivity index is 2.03. The molecule has 0 spiro atoms. The predicted octanol–water partition coefficient (Wildman–Crippen LogP) is 2.92. The summed E-state index contributed by atoms with van der Waals surface area (Å²) < 4.78 is 2.87. The van der Waals surface area contributed by atoms with Crippen LogP contribution in [0.25, 0.3) is 27.7 Å². The fraction of sp³-hybridized carbons (Fsp3) is 0.200. The van der Waals surface area contributed by atoms with E-state index in [-0.39, 0.29) is 0 Å². The third-order valence-electron chi connectivity index (χ3n) is 4.78. The molecule has 1 atom stereocenters. The van der Waals surface area contributed by atoms with Crippen LogP contribution in [0.5, 0.6) is 0 Å². The SMILES string of the molecule is CCc1nn2c(ncc3c(=O)n(C(C)C(=O)O)ccc32)c1-c1ccccc1. The summed E-state index contributed by atoms with van der Waals surface area (Å²) in [6, 6.07) is 10.7. The first-order valence-electron chi connectivity index (χ1n) is 8.72. The van der Waals surface area contributed by atoms with Gasteiger partial charge in [0.1, 0.15) is 6.04 Å². The number of pyridine rings is 1. The molecule has 0 saturated carbocycles. The van der Waals surface area contributed by atoms with E-state index < -0.39 is 17.6 Å². The average molecular weight is 362 g/mol. The molecule has 7 nitrogen and oxygen atoms in total. The van der Waals surface area contributed by atoms with Crippen molar-refractivity contribution in [1.29, 1.82) is 0 Å². The molecule has 1 N–H and O–H groups in total. The molecular formula is C20H18N4O3. The number of carboxylic acids is 1.